The summed E-state index contributed by atoms with van der Waals surface area (Å²) in [6, 6.07) is 32.2. The van der Waals surface area contributed by atoms with Crippen molar-refractivity contribution in [2.75, 3.05) is 0 Å². The van der Waals surface area contributed by atoms with E-state index in [-0.39, 0.29) is 6.04 Å². The molecule has 0 fully saturated rings. The molecule has 0 aliphatic carbocycles. The van der Waals surface area contributed by atoms with Crippen molar-refractivity contribution in [2.45, 2.75) is 32.4 Å². The molecule has 0 N–H and O–H groups in total. The first-order valence-corrected chi connectivity index (χ1v) is 9.15. The van der Waals surface area contributed by atoms with Gasteiger partial charge in [0.25, 0.3) is 0 Å². The third kappa shape index (κ3) is 3.15. The number of rotatable bonds is 6. The summed E-state index contributed by atoms with van der Waals surface area (Å²) < 4.78 is 0. The Morgan fingerprint density at radius 1 is 0.692 bits per heavy atom. The predicted molar refractivity (Wildman–Crippen MR) is 110 cm³/mol. The maximum atomic E-state index is 4.83. The first kappa shape index (κ1) is 17.9. The number of hydrogen-bond acceptors (Lipinski definition) is 2. The first-order chi connectivity index (χ1) is 12.7. The van der Waals surface area contributed by atoms with Crippen molar-refractivity contribution in [1.29, 1.82) is 0 Å². The Balaban J connectivity index is 2.42. The van der Waals surface area contributed by atoms with E-state index in [1.54, 1.807) is 0 Å². The summed E-state index contributed by atoms with van der Waals surface area (Å²) in [6.07, 6.45) is 1.88. The molecule has 0 saturated heterocycles. The van der Waals surface area contributed by atoms with Crippen LogP contribution in [0.25, 0.3) is 0 Å². The maximum absolute atomic E-state index is 4.83. The largest absolute Gasteiger partial charge is 0.275 e. The zero-order valence-electron chi connectivity index (χ0n) is 15.7. The van der Waals surface area contributed by atoms with Crippen LogP contribution in [0.15, 0.2) is 96.1 Å². The van der Waals surface area contributed by atoms with E-state index in [1.165, 1.54) is 16.7 Å². The van der Waals surface area contributed by atoms with Gasteiger partial charge in [0.15, 0.2) is 0 Å². The van der Waals surface area contributed by atoms with Crippen molar-refractivity contribution < 1.29 is 0 Å². The fourth-order valence-electron chi connectivity index (χ4n) is 3.67. The molecule has 3 rings (SSSR count). The fraction of sp³-hybridized carbons (Fsp3) is 0.208. The monoisotopic (exact) mass is 342 g/mol. The molecule has 0 atom stereocenters. The van der Waals surface area contributed by atoms with Crippen LogP contribution in [0.5, 0.6) is 0 Å². The minimum atomic E-state index is -0.496. The van der Waals surface area contributed by atoms with Crippen molar-refractivity contribution in [1.82, 2.24) is 5.01 Å². The molecule has 3 aromatic carbocycles. The topological polar surface area (TPSA) is 15.6 Å². The van der Waals surface area contributed by atoms with E-state index in [0.717, 1.165) is 0 Å². The van der Waals surface area contributed by atoms with Gasteiger partial charge in [0.05, 0.1) is 0 Å². The molecule has 0 amide bonds. The van der Waals surface area contributed by atoms with Gasteiger partial charge in [0.2, 0.25) is 0 Å². The smallest absolute Gasteiger partial charge is 0.133 e. The standard InChI is InChI=1S/C24H26N2/c1-4-25-26(20(2)3)24(21-14-8-5-9-15-21,22-16-10-6-11-17-22)23-18-12-7-13-19-23/h4-20H,1-3H3/b25-4-. The summed E-state index contributed by atoms with van der Waals surface area (Å²) in [6.45, 7) is 6.36. The van der Waals surface area contributed by atoms with E-state index in [0.29, 0.717) is 0 Å². The van der Waals surface area contributed by atoms with Gasteiger partial charge in [0, 0.05) is 12.3 Å². The van der Waals surface area contributed by atoms with Crippen LogP contribution in [0.1, 0.15) is 37.5 Å². The summed E-state index contributed by atoms with van der Waals surface area (Å²) in [5, 5.41) is 7.05. The van der Waals surface area contributed by atoms with E-state index < -0.39 is 5.54 Å². The molecule has 2 heteroatoms. The van der Waals surface area contributed by atoms with Gasteiger partial charge >= 0.3 is 0 Å². The molecule has 0 aromatic heterocycles. The van der Waals surface area contributed by atoms with E-state index in [2.05, 4.69) is 110 Å². The minimum absolute atomic E-state index is 0.215. The zero-order chi connectivity index (χ0) is 18.4. The van der Waals surface area contributed by atoms with Crippen LogP contribution in [0.4, 0.5) is 0 Å². The molecule has 0 aliphatic heterocycles. The number of hydrazone groups is 1. The van der Waals surface area contributed by atoms with Gasteiger partial charge in [-0.3, -0.25) is 5.01 Å². The molecule has 0 saturated carbocycles. The van der Waals surface area contributed by atoms with Gasteiger partial charge in [-0.2, -0.15) is 5.10 Å². The number of hydrogen-bond donors (Lipinski definition) is 0. The highest BCUT2D eigenvalue weighted by Crippen LogP contribution is 2.43. The third-order valence-corrected chi connectivity index (χ3v) is 4.65. The van der Waals surface area contributed by atoms with Gasteiger partial charge in [0.1, 0.15) is 5.54 Å². The molecule has 0 aliphatic rings. The van der Waals surface area contributed by atoms with Crippen LogP contribution in [-0.4, -0.2) is 17.3 Å². The Morgan fingerprint density at radius 3 is 1.31 bits per heavy atom. The lowest BCUT2D eigenvalue weighted by Gasteiger charge is -2.46. The summed E-state index contributed by atoms with van der Waals surface area (Å²) >= 11 is 0. The minimum Gasteiger partial charge on any atom is -0.275 e. The van der Waals surface area contributed by atoms with E-state index in [1.807, 2.05) is 13.1 Å². The second-order valence-corrected chi connectivity index (χ2v) is 6.62. The number of nitrogens with zero attached hydrogens (tertiary/aromatic N) is 2. The van der Waals surface area contributed by atoms with E-state index in [4.69, 9.17) is 5.10 Å². The summed E-state index contributed by atoms with van der Waals surface area (Å²) in [5.41, 5.74) is 3.12. The molecule has 132 valence electrons. The normalized spacial score (nSPS) is 11.8. The molecule has 0 unspecified atom stereocenters. The molecular formula is C24H26N2. The van der Waals surface area contributed by atoms with Gasteiger partial charge in [-0.15, -0.1) is 0 Å². The van der Waals surface area contributed by atoms with Gasteiger partial charge in [-0.05, 0) is 37.5 Å². The molecule has 0 spiro atoms. The van der Waals surface area contributed by atoms with Crippen molar-refractivity contribution in [3.8, 4) is 0 Å². The second kappa shape index (κ2) is 8.01. The summed E-state index contributed by atoms with van der Waals surface area (Å²) in [7, 11) is 0. The molecule has 0 heterocycles. The van der Waals surface area contributed by atoms with Crippen molar-refractivity contribution in [2.24, 2.45) is 5.10 Å². The average Bonchev–Trinajstić information content (AvgIpc) is 2.70. The Kier molecular flexibility index (Phi) is 5.52. The summed E-state index contributed by atoms with van der Waals surface area (Å²) in [5.74, 6) is 0. The predicted octanol–water partition coefficient (Wildman–Crippen LogP) is 5.69. The van der Waals surface area contributed by atoms with Crippen LogP contribution >= 0.6 is 0 Å². The summed E-state index contributed by atoms with van der Waals surface area (Å²) in [4.78, 5) is 0. The molecule has 26 heavy (non-hydrogen) atoms. The van der Waals surface area contributed by atoms with Crippen molar-refractivity contribution in [3.05, 3.63) is 108 Å². The molecule has 2 nitrogen and oxygen atoms in total. The van der Waals surface area contributed by atoms with Crippen LogP contribution in [0.2, 0.25) is 0 Å². The average molecular weight is 342 g/mol. The molecular weight excluding hydrogens is 316 g/mol. The molecule has 0 radical (unpaired) electrons. The Hall–Kier alpha value is -2.87. The highest BCUT2D eigenvalue weighted by atomic mass is 15.5. The molecule has 0 bridgehead atoms. The zero-order valence-corrected chi connectivity index (χ0v) is 15.7. The SMILES string of the molecule is C/C=N\N(C(C)C)C(c1ccccc1)(c1ccccc1)c1ccccc1. The lowest BCUT2D eigenvalue weighted by molar-refractivity contribution is 0.123. The Labute approximate surface area is 156 Å². The van der Waals surface area contributed by atoms with Gasteiger partial charge < -0.3 is 0 Å². The van der Waals surface area contributed by atoms with Crippen LogP contribution in [-0.2, 0) is 5.54 Å². The van der Waals surface area contributed by atoms with Crippen LogP contribution in [0.3, 0.4) is 0 Å². The second-order valence-electron chi connectivity index (χ2n) is 6.62. The Morgan fingerprint density at radius 2 is 1.04 bits per heavy atom. The highest BCUT2D eigenvalue weighted by molar-refractivity contribution is 5.55. The van der Waals surface area contributed by atoms with E-state index >= 15 is 0 Å². The third-order valence-electron chi connectivity index (χ3n) is 4.65. The maximum Gasteiger partial charge on any atom is 0.133 e. The quantitative estimate of drug-likeness (QED) is 0.319. The molecule has 3 aromatic rings. The first-order valence-electron chi connectivity index (χ1n) is 9.15. The van der Waals surface area contributed by atoms with Crippen LogP contribution < -0.4 is 0 Å². The van der Waals surface area contributed by atoms with Gasteiger partial charge in [-0.25, -0.2) is 0 Å². The van der Waals surface area contributed by atoms with E-state index in [9.17, 15) is 0 Å². The highest BCUT2D eigenvalue weighted by Gasteiger charge is 2.43. The Bertz CT molecular complexity index is 727. The lowest BCUT2D eigenvalue weighted by Crippen LogP contribution is -2.48. The lowest BCUT2D eigenvalue weighted by atomic mass is 9.76. The van der Waals surface area contributed by atoms with Crippen molar-refractivity contribution in [3.63, 3.8) is 0 Å². The van der Waals surface area contributed by atoms with Crippen molar-refractivity contribution >= 4 is 6.21 Å². The number of benzene rings is 3. The van der Waals surface area contributed by atoms with Crippen LogP contribution in [0, 0.1) is 0 Å². The van der Waals surface area contributed by atoms with Gasteiger partial charge in [-0.1, -0.05) is 91.0 Å². The fourth-order valence-corrected chi connectivity index (χ4v) is 3.67.